The topological polar surface area (TPSA) is 73.9 Å². The van der Waals surface area contributed by atoms with E-state index in [1.807, 2.05) is 56.4 Å². The van der Waals surface area contributed by atoms with Gasteiger partial charge < -0.3 is 15.2 Å². The van der Waals surface area contributed by atoms with E-state index in [2.05, 4.69) is 26.3 Å². The molecule has 2 aromatic heterocycles. The number of para-hydroxylation sites is 1. The van der Waals surface area contributed by atoms with Gasteiger partial charge in [-0.2, -0.15) is 0 Å². The van der Waals surface area contributed by atoms with Crippen LogP contribution in [0.15, 0.2) is 60.8 Å². The predicted octanol–water partition coefficient (Wildman–Crippen LogP) is 4.50. The quantitative estimate of drug-likeness (QED) is 0.419. The standard InChI is InChI=1S/C26H28FN5O/c1-17-29-24(15-25(30-17)32(2)3)23(14-19-16-28-22-11-7-5-9-20(19)22)31-26(33)13-12-18-8-4-6-10-21(18)27/h4-11,15-16,23,28H,12-14H2,1-3H3,(H,31,33)/t23-/m0/s1. The highest BCUT2D eigenvalue weighted by atomic mass is 19.1. The van der Waals surface area contributed by atoms with Crippen LogP contribution in [0.1, 0.15) is 35.1 Å². The van der Waals surface area contributed by atoms with Gasteiger partial charge in [-0.1, -0.05) is 36.4 Å². The number of benzene rings is 2. The molecule has 2 heterocycles. The monoisotopic (exact) mass is 445 g/mol. The van der Waals surface area contributed by atoms with Gasteiger partial charge in [0.05, 0.1) is 11.7 Å². The third-order valence-corrected chi connectivity index (χ3v) is 5.67. The lowest BCUT2D eigenvalue weighted by molar-refractivity contribution is -0.121. The summed E-state index contributed by atoms with van der Waals surface area (Å²) < 4.78 is 14.0. The minimum atomic E-state index is -0.349. The van der Waals surface area contributed by atoms with Crippen molar-refractivity contribution in [1.82, 2.24) is 20.3 Å². The molecular weight excluding hydrogens is 417 g/mol. The van der Waals surface area contributed by atoms with Gasteiger partial charge in [0.15, 0.2) is 0 Å². The van der Waals surface area contributed by atoms with E-state index in [9.17, 15) is 9.18 Å². The van der Waals surface area contributed by atoms with E-state index < -0.39 is 0 Å². The number of nitrogens with zero attached hydrogens (tertiary/aromatic N) is 3. The number of fused-ring (bicyclic) bond motifs is 1. The third-order valence-electron chi connectivity index (χ3n) is 5.67. The van der Waals surface area contributed by atoms with Crippen molar-refractivity contribution in [2.24, 2.45) is 0 Å². The number of hydrogen-bond donors (Lipinski definition) is 2. The van der Waals surface area contributed by atoms with Crippen LogP contribution >= 0.6 is 0 Å². The summed E-state index contributed by atoms with van der Waals surface area (Å²) in [5.74, 6) is 0.983. The number of rotatable bonds is 8. The third kappa shape index (κ3) is 5.37. The van der Waals surface area contributed by atoms with Crippen molar-refractivity contribution in [2.75, 3.05) is 19.0 Å². The van der Waals surface area contributed by atoms with E-state index in [-0.39, 0.29) is 24.2 Å². The number of nitrogens with one attached hydrogen (secondary N) is 2. The molecule has 170 valence electrons. The molecule has 1 atom stereocenters. The van der Waals surface area contributed by atoms with Crippen molar-refractivity contribution >= 4 is 22.6 Å². The highest BCUT2D eigenvalue weighted by Gasteiger charge is 2.20. The van der Waals surface area contributed by atoms with Gasteiger partial charge in [0.2, 0.25) is 5.91 Å². The maximum atomic E-state index is 14.0. The van der Waals surface area contributed by atoms with Crippen LogP contribution in [0.5, 0.6) is 0 Å². The van der Waals surface area contributed by atoms with Crippen molar-refractivity contribution in [3.63, 3.8) is 0 Å². The van der Waals surface area contributed by atoms with E-state index in [1.165, 1.54) is 6.07 Å². The molecule has 33 heavy (non-hydrogen) atoms. The number of aromatic amines is 1. The minimum Gasteiger partial charge on any atom is -0.363 e. The second kappa shape index (κ2) is 9.81. The summed E-state index contributed by atoms with van der Waals surface area (Å²) >= 11 is 0. The zero-order chi connectivity index (χ0) is 23.4. The Hall–Kier alpha value is -3.74. The number of hydrogen-bond acceptors (Lipinski definition) is 4. The SMILES string of the molecule is Cc1nc([C@H](Cc2c[nH]c3ccccc23)NC(=O)CCc2ccccc2F)cc(N(C)C)n1. The summed E-state index contributed by atoms with van der Waals surface area (Å²) in [6.45, 7) is 1.85. The molecule has 4 aromatic rings. The fourth-order valence-electron chi connectivity index (χ4n) is 3.95. The van der Waals surface area contributed by atoms with Gasteiger partial charge >= 0.3 is 0 Å². The molecule has 0 aliphatic carbocycles. The second-order valence-electron chi connectivity index (χ2n) is 8.37. The molecule has 2 N–H and O–H groups in total. The molecule has 0 fully saturated rings. The lowest BCUT2D eigenvalue weighted by Crippen LogP contribution is -2.31. The molecule has 0 unspecified atom stereocenters. The van der Waals surface area contributed by atoms with E-state index in [0.29, 0.717) is 24.2 Å². The van der Waals surface area contributed by atoms with Crippen LogP contribution in [0.2, 0.25) is 0 Å². The first-order chi connectivity index (χ1) is 15.9. The number of anilines is 1. The van der Waals surface area contributed by atoms with Crippen LogP contribution in [0.25, 0.3) is 10.9 Å². The van der Waals surface area contributed by atoms with E-state index in [1.54, 1.807) is 18.2 Å². The Morgan fingerprint density at radius 2 is 1.85 bits per heavy atom. The highest BCUT2D eigenvalue weighted by Crippen LogP contribution is 2.25. The Morgan fingerprint density at radius 1 is 1.09 bits per heavy atom. The number of amides is 1. The molecule has 6 nitrogen and oxygen atoms in total. The van der Waals surface area contributed by atoms with Crippen molar-refractivity contribution in [3.05, 3.63) is 89.3 Å². The Morgan fingerprint density at radius 3 is 2.64 bits per heavy atom. The van der Waals surface area contributed by atoms with Crippen LogP contribution in [-0.2, 0) is 17.6 Å². The van der Waals surface area contributed by atoms with Crippen molar-refractivity contribution in [3.8, 4) is 0 Å². The fourth-order valence-corrected chi connectivity index (χ4v) is 3.95. The zero-order valence-electron chi connectivity index (χ0n) is 19.1. The maximum Gasteiger partial charge on any atom is 0.220 e. The molecule has 7 heteroatoms. The number of carbonyl (C=O) groups is 1. The smallest absolute Gasteiger partial charge is 0.220 e. The average molecular weight is 446 g/mol. The predicted molar refractivity (Wildman–Crippen MR) is 129 cm³/mol. The normalized spacial score (nSPS) is 12.0. The Bertz CT molecular complexity index is 1270. The van der Waals surface area contributed by atoms with Gasteiger partial charge in [0, 0.05) is 50.1 Å². The minimum absolute atomic E-state index is 0.147. The Labute approximate surface area is 192 Å². The first-order valence-corrected chi connectivity index (χ1v) is 11.0. The van der Waals surface area contributed by atoms with Crippen LogP contribution < -0.4 is 10.2 Å². The van der Waals surface area contributed by atoms with Gasteiger partial charge in [-0.05, 0) is 36.6 Å². The number of carbonyl (C=O) groups excluding carboxylic acids is 1. The molecule has 1 amide bonds. The molecule has 0 bridgehead atoms. The van der Waals surface area contributed by atoms with Crippen molar-refractivity contribution in [1.29, 1.82) is 0 Å². The summed E-state index contributed by atoms with van der Waals surface area (Å²) in [6.07, 6.45) is 3.07. The molecule has 0 spiro atoms. The van der Waals surface area contributed by atoms with E-state index in [4.69, 9.17) is 0 Å². The van der Waals surface area contributed by atoms with Gasteiger partial charge in [-0.3, -0.25) is 4.79 Å². The van der Waals surface area contributed by atoms with E-state index in [0.717, 1.165) is 28.0 Å². The summed E-state index contributed by atoms with van der Waals surface area (Å²) in [7, 11) is 3.85. The average Bonchev–Trinajstić information content (AvgIpc) is 3.20. The number of aromatic nitrogens is 3. The van der Waals surface area contributed by atoms with E-state index >= 15 is 0 Å². The Balaban J connectivity index is 1.60. The van der Waals surface area contributed by atoms with Gasteiger partial charge in [-0.25, -0.2) is 14.4 Å². The molecule has 4 rings (SSSR count). The summed E-state index contributed by atoms with van der Waals surface area (Å²) in [5, 5.41) is 4.25. The second-order valence-corrected chi connectivity index (χ2v) is 8.37. The lowest BCUT2D eigenvalue weighted by Gasteiger charge is -2.21. The lowest BCUT2D eigenvalue weighted by atomic mass is 10.0. The van der Waals surface area contributed by atoms with Gasteiger partial charge in [0.1, 0.15) is 17.5 Å². The number of H-pyrrole nitrogens is 1. The van der Waals surface area contributed by atoms with Crippen LogP contribution in [0.3, 0.4) is 0 Å². The summed E-state index contributed by atoms with van der Waals surface area (Å²) in [4.78, 5) is 27.2. The zero-order valence-corrected chi connectivity index (χ0v) is 19.1. The maximum absolute atomic E-state index is 14.0. The highest BCUT2D eigenvalue weighted by molar-refractivity contribution is 5.83. The van der Waals surface area contributed by atoms with Crippen molar-refractivity contribution < 1.29 is 9.18 Å². The molecular formula is C26H28FN5O. The molecule has 2 aromatic carbocycles. The fraction of sp³-hybridized carbons (Fsp3) is 0.269. The summed E-state index contributed by atoms with van der Waals surface area (Å²) in [6, 6.07) is 16.2. The molecule has 0 radical (unpaired) electrons. The largest absolute Gasteiger partial charge is 0.363 e. The first kappa shape index (κ1) is 22.5. The van der Waals surface area contributed by atoms with Crippen LogP contribution in [0.4, 0.5) is 10.2 Å². The van der Waals surface area contributed by atoms with Crippen LogP contribution in [0, 0.1) is 12.7 Å². The van der Waals surface area contributed by atoms with Crippen LogP contribution in [-0.4, -0.2) is 35.0 Å². The first-order valence-electron chi connectivity index (χ1n) is 11.0. The van der Waals surface area contributed by atoms with Gasteiger partial charge in [0.25, 0.3) is 0 Å². The number of halogens is 1. The van der Waals surface area contributed by atoms with Gasteiger partial charge in [-0.15, -0.1) is 0 Å². The summed E-state index contributed by atoms with van der Waals surface area (Å²) in [5.41, 5.74) is 3.42. The molecule has 0 aliphatic rings. The van der Waals surface area contributed by atoms with Crippen molar-refractivity contribution in [2.45, 2.75) is 32.2 Å². The molecule has 0 saturated heterocycles. The Kier molecular flexibility index (Phi) is 6.68. The number of aryl methyl sites for hydroxylation is 2. The molecule has 0 aliphatic heterocycles. The molecule has 0 saturated carbocycles.